The van der Waals surface area contributed by atoms with Crippen molar-refractivity contribution in [3.63, 3.8) is 0 Å². The van der Waals surface area contributed by atoms with Crippen molar-refractivity contribution in [1.29, 1.82) is 0 Å². The van der Waals surface area contributed by atoms with Crippen LogP contribution in [0.3, 0.4) is 0 Å². The Morgan fingerprint density at radius 1 is 1.33 bits per heavy atom. The SMILES string of the molecule is CC(C)COc1cccc(CNC(=O)C2(n3cccn3)CCNCC2)c1.Cl. The van der Waals surface area contributed by atoms with Gasteiger partial charge in [0.2, 0.25) is 5.91 Å². The predicted octanol–water partition coefficient (Wildman–Crippen LogP) is 2.73. The molecule has 0 bridgehead atoms. The van der Waals surface area contributed by atoms with E-state index >= 15 is 0 Å². The van der Waals surface area contributed by atoms with Crippen LogP contribution in [-0.2, 0) is 16.9 Å². The molecule has 0 spiro atoms. The molecule has 2 aromatic rings. The number of halogens is 1. The number of benzene rings is 1. The molecule has 1 aliphatic rings. The molecule has 2 N–H and O–H groups in total. The fourth-order valence-electron chi connectivity index (χ4n) is 3.28. The molecule has 0 radical (unpaired) electrons. The van der Waals surface area contributed by atoms with Crippen LogP contribution in [0.2, 0.25) is 0 Å². The van der Waals surface area contributed by atoms with Crippen molar-refractivity contribution in [2.45, 2.75) is 38.8 Å². The fourth-order valence-corrected chi connectivity index (χ4v) is 3.28. The standard InChI is InChI=1S/C20H28N4O2.ClH/c1-16(2)15-26-18-6-3-5-17(13-18)14-22-19(25)20(7-10-21-11-8-20)24-12-4-9-23-24;/h3-6,9,12-13,16,21H,7-8,10-11,14-15H2,1-2H3,(H,22,25);1H. The summed E-state index contributed by atoms with van der Waals surface area (Å²) in [6.45, 7) is 7.03. The summed E-state index contributed by atoms with van der Waals surface area (Å²) in [4.78, 5) is 13.1. The molecule has 0 aliphatic carbocycles. The molecule has 0 saturated carbocycles. The first-order valence-corrected chi connectivity index (χ1v) is 9.31. The van der Waals surface area contributed by atoms with E-state index in [1.165, 1.54) is 0 Å². The van der Waals surface area contributed by atoms with Crippen molar-refractivity contribution in [3.8, 4) is 5.75 Å². The highest BCUT2D eigenvalue weighted by molar-refractivity contribution is 5.85. The Hall–Kier alpha value is -2.05. The Morgan fingerprint density at radius 3 is 2.78 bits per heavy atom. The van der Waals surface area contributed by atoms with Gasteiger partial charge in [-0.05, 0) is 55.6 Å². The summed E-state index contributed by atoms with van der Waals surface area (Å²) in [5, 5.41) is 10.8. The lowest BCUT2D eigenvalue weighted by Gasteiger charge is -2.36. The number of amides is 1. The third kappa shape index (κ3) is 5.23. The van der Waals surface area contributed by atoms with E-state index < -0.39 is 5.54 Å². The zero-order chi connectivity index (χ0) is 18.4. The summed E-state index contributed by atoms with van der Waals surface area (Å²) in [6, 6.07) is 9.78. The van der Waals surface area contributed by atoms with Crippen LogP contribution in [0.1, 0.15) is 32.3 Å². The van der Waals surface area contributed by atoms with E-state index in [-0.39, 0.29) is 18.3 Å². The molecule has 1 fully saturated rings. The first-order valence-electron chi connectivity index (χ1n) is 9.31. The largest absolute Gasteiger partial charge is 0.493 e. The quantitative estimate of drug-likeness (QED) is 0.760. The number of carbonyl (C=O) groups is 1. The average Bonchev–Trinajstić information content (AvgIpc) is 3.20. The topological polar surface area (TPSA) is 68.2 Å². The predicted molar refractivity (Wildman–Crippen MR) is 108 cm³/mol. The number of aromatic nitrogens is 2. The van der Waals surface area contributed by atoms with Crippen LogP contribution in [0.4, 0.5) is 0 Å². The molecule has 1 aromatic heterocycles. The molecule has 3 rings (SSSR count). The summed E-state index contributed by atoms with van der Waals surface area (Å²) in [7, 11) is 0. The van der Waals surface area contributed by atoms with E-state index in [1.807, 2.05) is 41.2 Å². The number of hydrogen-bond donors (Lipinski definition) is 2. The van der Waals surface area contributed by atoms with Gasteiger partial charge in [-0.3, -0.25) is 9.48 Å². The molecular formula is C20H29ClN4O2. The first kappa shape index (κ1) is 21.3. The van der Waals surface area contributed by atoms with E-state index in [2.05, 4.69) is 29.6 Å². The minimum absolute atomic E-state index is 0. The van der Waals surface area contributed by atoms with Crippen molar-refractivity contribution in [1.82, 2.24) is 20.4 Å². The van der Waals surface area contributed by atoms with Gasteiger partial charge in [-0.2, -0.15) is 5.10 Å². The molecule has 1 amide bonds. The lowest BCUT2D eigenvalue weighted by atomic mass is 9.87. The minimum atomic E-state index is -0.611. The number of ether oxygens (including phenoxy) is 1. The normalized spacial score (nSPS) is 15.8. The van der Waals surface area contributed by atoms with Gasteiger partial charge in [0.15, 0.2) is 0 Å². The van der Waals surface area contributed by atoms with Crippen molar-refractivity contribution in [2.75, 3.05) is 19.7 Å². The van der Waals surface area contributed by atoms with E-state index in [0.29, 0.717) is 19.1 Å². The molecular weight excluding hydrogens is 364 g/mol. The molecule has 6 nitrogen and oxygen atoms in total. The molecule has 1 saturated heterocycles. The van der Waals surface area contributed by atoms with Crippen LogP contribution in [-0.4, -0.2) is 35.4 Å². The molecule has 0 unspecified atom stereocenters. The maximum absolute atomic E-state index is 13.1. The second-order valence-electron chi connectivity index (χ2n) is 7.27. The summed E-state index contributed by atoms with van der Waals surface area (Å²) in [5.74, 6) is 1.34. The first-order chi connectivity index (χ1) is 12.6. The Morgan fingerprint density at radius 2 is 2.11 bits per heavy atom. The summed E-state index contributed by atoms with van der Waals surface area (Å²) in [5.41, 5.74) is 0.421. The van der Waals surface area contributed by atoms with E-state index in [1.54, 1.807) is 6.20 Å². The Labute approximate surface area is 167 Å². The van der Waals surface area contributed by atoms with Crippen LogP contribution < -0.4 is 15.4 Å². The lowest BCUT2D eigenvalue weighted by Crippen LogP contribution is -2.54. The highest BCUT2D eigenvalue weighted by Gasteiger charge is 2.41. The van der Waals surface area contributed by atoms with Gasteiger partial charge in [0.25, 0.3) is 0 Å². The summed E-state index contributed by atoms with van der Waals surface area (Å²) < 4.78 is 7.59. The van der Waals surface area contributed by atoms with Gasteiger partial charge in [0.1, 0.15) is 11.3 Å². The fraction of sp³-hybridized carbons (Fsp3) is 0.500. The number of hydrogen-bond acceptors (Lipinski definition) is 4. The summed E-state index contributed by atoms with van der Waals surface area (Å²) >= 11 is 0. The second-order valence-corrected chi connectivity index (χ2v) is 7.27. The molecule has 148 valence electrons. The number of nitrogens with zero attached hydrogens (tertiary/aromatic N) is 2. The van der Waals surface area contributed by atoms with Crippen LogP contribution in [0, 0.1) is 5.92 Å². The highest BCUT2D eigenvalue weighted by atomic mass is 35.5. The number of piperidine rings is 1. The van der Waals surface area contributed by atoms with Crippen molar-refractivity contribution >= 4 is 18.3 Å². The van der Waals surface area contributed by atoms with Gasteiger partial charge in [-0.25, -0.2) is 0 Å². The van der Waals surface area contributed by atoms with E-state index in [9.17, 15) is 4.79 Å². The Bertz CT molecular complexity index is 713. The van der Waals surface area contributed by atoms with E-state index in [4.69, 9.17) is 4.74 Å². The third-order valence-electron chi connectivity index (χ3n) is 4.73. The molecule has 1 aromatic carbocycles. The van der Waals surface area contributed by atoms with Crippen molar-refractivity contribution in [2.24, 2.45) is 5.92 Å². The number of rotatable bonds is 7. The van der Waals surface area contributed by atoms with Crippen LogP contribution in [0.5, 0.6) is 5.75 Å². The molecule has 1 aliphatic heterocycles. The van der Waals surface area contributed by atoms with Gasteiger partial charge < -0.3 is 15.4 Å². The molecule has 7 heteroatoms. The zero-order valence-corrected chi connectivity index (χ0v) is 16.8. The number of carbonyl (C=O) groups excluding carboxylic acids is 1. The Kier molecular flexibility index (Phi) is 7.68. The molecule has 2 heterocycles. The second kappa shape index (κ2) is 9.76. The van der Waals surface area contributed by atoms with Crippen LogP contribution >= 0.6 is 12.4 Å². The Balaban J connectivity index is 0.00000261. The molecule has 27 heavy (non-hydrogen) atoms. The molecule has 0 atom stereocenters. The maximum Gasteiger partial charge on any atom is 0.248 e. The van der Waals surface area contributed by atoms with Crippen molar-refractivity contribution < 1.29 is 9.53 Å². The van der Waals surface area contributed by atoms with Gasteiger partial charge >= 0.3 is 0 Å². The van der Waals surface area contributed by atoms with Crippen LogP contribution in [0.25, 0.3) is 0 Å². The monoisotopic (exact) mass is 392 g/mol. The zero-order valence-electron chi connectivity index (χ0n) is 16.0. The number of nitrogens with one attached hydrogen (secondary N) is 2. The van der Waals surface area contributed by atoms with Crippen molar-refractivity contribution in [3.05, 3.63) is 48.3 Å². The maximum atomic E-state index is 13.1. The van der Waals surface area contributed by atoms with Gasteiger partial charge in [-0.1, -0.05) is 26.0 Å². The summed E-state index contributed by atoms with van der Waals surface area (Å²) in [6.07, 6.45) is 5.08. The minimum Gasteiger partial charge on any atom is -0.493 e. The van der Waals surface area contributed by atoms with Gasteiger partial charge in [0.05, 0.1) is 6.61 Å². The lowest BCUT2D eigenvalue weighted by molar-refractivity contribution is -0.132. The van der Waals surface area contributed by atoms with Gasteiger partial charge in [0, 0.05) is 18.9 Å². The van der Waals surface area contributed by atoms with Crippen LogP contribution in [0.15, 0.2) is 42.7 Å². The van der Waals surface area contributed by atoms with E-state index in [0.717, 1.165) is 37.2 Å². The smallest absolute Gasteiger partial charge is 0.248 e. The highest BCUT2D eigenvalue weighted by Crippen LogP contribution is 2.27. The van der Waals surface area contributed by atoms with Gasteiger partial charge in [-0.15, -0.1) is 12.4 Å². The third-order valence-corrected chi connectivity index (χ3v) is 4.73. The average molecular weight is 393 g/mol.